The van der Waals surface area contributed by atoms with Crippen LogP contribution < -0.4 is 4.72 Å². The average Bonchev–Trinajstić information content (AvgIpc) is 2.20. The summed E-state index contributed by atoms with van der Waals surface area (Å²) in [6, 6.07) is 1.49. The minimum atomic E-state index is -4.35. The minimum Gasteiger partial charge on any atom is -0.267 e. The van der Waals surface area contributed by atoms with Gasteiger partial charge in [0.2, 0.25) is 10.0 Å². The van der Waals surface area contributed by atoms with Gasteiger partial charge in [0.15, 0.2) is 0 Å². The van der Waals surface area contributed by atoms with Gasteiger partial charge in [-0.15, -0.1) is 0 Å². The molecule has 0 atom stereocenters. The molecule has 1 aromatic heterocycles. The number of nitrogens with zero attached hydrogens (tertiary/aromatic N) is 1. The smallest absolute Gasteiger partial charge is 0.267 e. The molecule has 0 saturated carbocycles. The molecule has 0 spiro atoms. The van der Waals surface area contributed by atoms with Crippen molar-refractivity contribution in [3.05, 3.63) is 22.3 Å². The molecule has 4 nitrogen and oxygen atoms in total. The Balaban J connectivity index is 2.61. The van der Waals surface area contributed by atoms with Crippen LogP contribution in [0.2, 0.25) is 0 Å². The van der Waals surface area contributed by atoms with Crippen molar-refractivity contribution in [2.75, 3.05) is 10.5 Å². The van der Waals surface area contributed by atoms with Gasteiger partial charge in [0.1, 0.15) is 5.82 Å². The van der Waals surface area contributed by atoms with Crippen LogP contribution in [0, 0.1) is 6.92 Å². The van der Waals surface area contributed by atoms with Gasteiger partial charge in [-0.05, 0) is 40.9 Å². The van der Waals surface area contributed by atoms with Gasteiger partial charge in [0, 0.05) is 17.1 Å². The molecule has 1 heterocycles. The Labute approximate surface area is 117 Å². The summed E-state index contributed by atoms with van der Waals surface area (Å²) in [5, 5.41) is 0. The number of halogens is 4. The van der Waals surface area contributed by atoms with Crippen molar-refractivity contribution < 1.29 is 21.6 Å². The lowest BCUT2D eigenvalue weighted by Gasteiger charge is -2.09. The first-order valence-corrected chi connectivity index (χ1v) is 7.73. The summed E-state index contributed by atoms with van der Waals surface area (Å²) in [4.78, 5) is 3.82. The molecule has 0 aliphatic rings. The molecule has 108 valence electrons. The third-order valence-corrected chi connectivity index (χ3v) is 4.36. The Hall–Kier alpha value is -0.830. The monoisotopic (exact) mass is 360 g/mol. The van der Waals surface area contributed by atoms with Crippen LogP contribution in [0.25, 0.3) is 0 Å². The van der Waals surface area contributed by atoms with E-state index in [9.17, 15) is 21.6 Å². The fourth-order valence-corrected chi connectivity index (χ4v) is 2.54. The zero-order valence-corrected chi connectivity index (χ0v) is 12.4. The maximum atomic E-state index is 11.9. The molecule has 0 aliphatic heterocycles. The SMILES string of the molecule is Cc1cc(NS(=O)(=O)CCCC(F)(F)F)ncc1Br. The van der Waals surface area contributed by atoms with E-state index >= 15 is 0 Å². The van der Waals surface area contributed by atoms with Crippen molar-refractivity contribution in [2.45, 2.75) is 25.9 Å². The normalized spacial score (nSPS) is 12.5. The van der Waals surface area contributed by atoms with E-state index in [1.54, 1.807) is 6.92 Å². The van der Waals surface area contributed by atoms with Gasteiger partial charge in [0.05, 0.1) is 5.75 Å². The zero-order chi connectivity index (χ0) is 14.7. The molecule has 9 heteroatoms. The second kappa shape index (κ2) is 6.08. The number of aryl methyl sites for hydroxylation is 1. The van der Waals surface area contributed by atoms with Crippen LogP contribution in [0.3, 0.4) is 0 Å². The lowest BCUT2D eigenvalue weighted by atomic mass is 10.3. The first-order chi connectivity index (χ1) is 8.59. The molecule has 0 radical (unpaired) electrons. The number of pyridine rings is 1. The van der Waals surface area contributed by atoms with Gasteiger partial charge in [-0.1, -0.05) is 0 Å². The number of alkyl halides is 3. The second-order valence-electron chi connectivity index (χ2n) is 3.96. The summed E-state index contributed by atoms with van der Waals surface area (Å²) in [6.07, 6.45) is -4.53. The highest BCUT2D eigenvalue weighted by Gasteiger charge is 2.27. The molecule has 0 amide bonds. The molecule has 0 aliphatic carbocycles. The standard InChI is InChI=1S/C10H12BrF3N2O2S/c1-7-5-9(15-6-8(7)11)16-19(17,18)4-2-3-10(12,13)14/h5-6H,2-4H2,1H3,(H,15,16). The fourth-order valence-electron chi connectivity index (χ4n) is 1.27. The van der Waals surface area contributed by atoms with E-state index in [-0.39, 0.29) is 5.82 Å². The third kappa shape index (κ3) is 6.24. The molecular weight excluding hydrogens is 349 g/mol. The van der Waals surface area contributed by atoms with E-state index in [0.29, 0.717) is 4.47 Å². The third-order valence-electron chi connectivity index (χ3n) is 2.18. The van der Waals surface area contributed by atoms with Gasteiger partial charge in [-0.25, -0.2) is 13.4 Å². The number of hydrogen-bond donors (Lipinski definition) is 1. The highest BCUT2D eigenvalue weighted by Crippen LogP contribution is 2.22. The Kier molecular flexibility index (Phi) is 5.19. The highest BCUT2D eigenvalue weighted by atomic mass is 79.9. The number of rotatable bonds is 5. The summed E-state index contributed by atoms with van der Waals surface area (Å²) in [7, 11) is -3.81. The Bertz CT molecular complexity index is 546. The summed E-state index contributed by atoms with van der Waals surface area (Å²) in [5.41, 5.74) is 0.767. The van der Waals surface area contributed by atoms with E-state index in [2.05, 4.69) is 25.6 Å². The van der Waals surface area contributed by atoms with Crippen LogP contribution in [-0.2, 0) is 10.0 Å². The molecule has 0 unspecified atom stereocenters. The molecule has 1 N–H and O–H groups in total. The predicted octanol–water partition coefficient (Wildman–Crippen LogP) is 3.24. The van der Waals surface area contributed by atoms with Gasteiger partial charge in [-0.2, -0.15) is 13.2 Å². The predicted molar refractivity (Wildman–Crippen MR) is 69.4 cm³/mol. The largest absolute Gasteiger partial charge is 0.389 e. The number of nitrogens with one attached hydrogen (secondary N) is 1. The van der Waals surface area contributed by atoms with E-state index in [1.165, 1.54) is 12.3 Å². The highest BCUT2D eigenvalue weighted by molar-refractivity contribution is 9.10. The van der Waals surface area contributed by atoms with E-state index in [4.69, 9.17) is 0 Å². The maximum Gasteiger partial charge on any atom is 0.389 e. The van der Waals surface area contributed by atoms with Crippen molar-refractivity contribution in [2.24, 2.45) is 0 Å². The zero-order valence-electron chi connectivity index (χ0n) is 9.96. The number of hydrogen-bond acceptors (Lipinski definition) is 3. The van der Waals surface area contributed by atoms with Crippen LogP contribution in [-0.4, -0.2) is 25.3 Å². The number of sulfonamides is 1. The second-order valence-corrected chi connectivity index (χ2v) is 6.65. The van der Waals surface area contributed by atoms with Crippen LogP contribution in [0.15, 0.2) is 16.7 Å². The van der Waals surface area contributed by atoms with Gasteiger partial charge >= 0.3 is 6.18 Å². The Morgan fingerprint density at radius 1 is 1.42 bits per heavy atom. The average molecular weight is 361 g/mol. The summed E-state index contributed by atoms with van der Waals surface area (Å²) < 4.78 is 61.7. The van der Waals surface area contributed by atoms with Crippen LogP contribution in [0.1, 0.15) is 18.4 Å². The molecule has 0 saturated heterocycles. The summed E-state index contributed by atoms with van der Waals surface area (Å²) in [5.74, 6) is -0.503. The minimum absolute atomic E-state index is 0.0905. The van der Waals surface area contributed by atoms with Crippen molar-refractivity contribution in [1.29, 1.82) is 0 Å². The lowest BCUT2D eigenvalue weighted by Crippen LogP contribution is -2.19. The van der Waals surface area contributed by atoms with Crippen LogP contribution in [0.4, 0.5) is 19.0 Å². The first kappa shape index (κ1) is 16.2. The van der Waals surface area contributed by atoms with E-state index in [0.717, 1.165) is 5.56 Å². The van der Waals surface area contributed by atoms with Gasteiger partial charge in [0.25, 0.3) is 0 Å². The van der Waals surface area contributed by atoms with Gasteiger partial charge in [-0.3, -0.25) is 4.72 Å². The molecule has 0 fully saturated rings. The van der Waals surface area contributed by atoms with Gasteiger partial charge < -0.3 is 0 Å². The molecular formula is C10H12BrF3N2O2S. The molecule has 0 aromatic carbocycles. The van der Waals surface area contributed by atoms with E-state index < -0.39 is 34.8 Å². The molecule has 1 rings (SSSR count). The summed E-state index contributed by atoms with van der Waals surface area (Å²) >= 11 is 3.21. The maximum absolute atomic E-state index is 11.9. The topological polar surface area (TPSA) is 59.1 Å². The molecule has 1 aromatic rings. The lowest BCUT2D eigenvalue weighted by molar-refractivity contribution is -0.134. The summed E-state index contributed by atoms with van der Waals surface area (Å²) in [6.45, 7) is 1.74. The quantitative estimate of drug-likeness (QED) is 0.876. The molecule has 19 heavy (non-hydrogen) atoms. The first-order valence-electron chi connectivity index (χ1n) is 5.28. The van der Waals surface area contributed by atoms with Crippen molar-refractivity contribution in [1.82, 2.24) is 4.98 Å². The molecule has 0 bridgehead atoms. The van der Waals surface area contributed by atoms with E-state index in [1.807, 2.05) is 0 Å². The van der Waals surface area contributed by atoms with Crippen LogP contribution >= 0.6 is 15.9 Å². The fraction of sp³-hybridized carbons (Fsp3) is 0.500. The van der Waals surface area contributed by atoms with Crippen molar-refractivity contribution >= 4 is 31.8 Å². The number of anilines is 1. The Morgan fingerprint density at radius 2 is 2.05 bits per heavy atom. The van der Waals surface area contributed by atoms with Crippen molar-refractivity contribution in [3.63, 3.8) is 0 Å². The Morgan fingerprint density at radius 3 is 2.58 bits per heavy atom. The van der Waals surface area contributed by atoms with Crippen molar-refractivity contribution in [3.8, 4) is 0 Å². The number of aromatic nitrogens is 1. The van der Waals surface area contributed by atoms with Crippen LogP contribution in [0.5, 0.6) is 0 Å².